The van der Waals surface area contributed by atoms with E-state index in [9.17, 15) is 4.79 Å². The van der Waals surface area contributed by atoms with Gasteiger partial charge in [-0.3, -0.25) is 9.69 Å². The van der Waals surface area contributed by atoms with Crippen LogP contribution < -0.4 is 10.6 Å². The lowest BCUT2D eigenvalue weighted by Gasteiger charge is -2.26. The molecule has 1 aromatic carbocycles. The summed E-state index contributed by atoms with van der Waals surface area (Å²) in [6.07, 6.45) is 0. The lowest BCUT2D eigenvalue weighted by Crippen LogP contribution is -2.39. The minimum absolute atomic E-state index is 0.0296. The van der Waals surface area contributed by atoms with Crippen LogP contribution in [0.25, 0.3) is 0 Å². The van der Waals surface area contributed by atoms with Gasteiger partial charge in [0, 0.05) is 55.5 Å². The van der Waals surface area contributed by atoms with Crippen LogP contribution in [0.1, 0.15) is 22.8 Å². The standard InChI is InChI=1S/C16H25N3OS/c1-3-17-14-4-5-15(13(2)12-14)16(20)18-6-7-19-8-10-21-11-9-19/h4-5,12,17H,3,6-11H2,1-2H3,(H,18,20). The molecular weight excluding hydrogens is 282 g/mol. The molecule has 1 amide bonds. The third-order valence-electron chi connectivity index (χ3n) is 3.67. The molecule has 0 radical (unpaired) electrons. The molecule has 116 valence electrons. The van der Waals surface area contributed by atoms with Crippen molar-refractivity contribution in [2.45, 2.75) is 13.8 Å². The molecule has 0 bridgehead atoms. The first-order chi connectivity index (χ1) is 10.2. The first-order valence-electron chi connectivity index (χ1n) is 7.63. The second-order valence-corrected chi connectivity index (χ2v) is 6.49. The molecule has 0 aliphatic carbocycles. The molecular formula is C16H25N3OS. The largest absolute Gasteiger partial charge is 0.385 e. The second kappa shape index (κ2) is 8.29. The number of anilines is 1. The first kappa shape index (κ1) is 16.2. The molecule has 4 nitrogen and oxygen atoms in total. The number of carbonyl (C=O) groups excluding carboxylic acids is 1. The van der Waals surface area contributed by atoms with Crippen LogP contribution in [0.4, 0.5) is 5.69 Å². The summed E-state index contributed by atoms with van der Waals surface area (Å²) in [6, 6.07) is 5.90. The zero-order chi connectivity index (χ0) is 15.1. The number of amides is 1. The van der Waals surface area contributed by atoms with Crippen molar-refractivity contribution in [1.29, 1.82) is 0 Å². The Morgan fingerprint density at radius 3 is 2.76 bits per heavy atom. The fourth-order valence-electron chi connectivity index (χ4n) is 2.48. The average molecular weight is 307 g/mol. The third-order valence-corrected chi connectivity index (χ3v) is 4.61. The van der Waals surface area contributed by atoms with Gasteiger partial charge in [0.05, 0.1) is 0 Å². The third kappa shape index (κ3) is 4.93. The van der Waals surface area contributed by atoms with Crippen LogP contribution in [-0.2, 0) is 0 Å². The van der Waals surface area contributed by atoms with Crippen LogP contribution in [0.5, 0.6) is 0 Å². The van der Waals surface area contributed by atoms with Crippen LogP contribution in [0.15, 0.2) is 18.2 Å². The Bertz CT molecular complexity index is 473. The van der Waals surface area contributed by atoms with Gasteiger partial charge in [0.1, 0.15) is 0 Å². The van der Waals surface area contributed by atoms with E-state index in [-0.39, 0.29) is 5.91 Å². The lowest BCUT2D eigenvalue weighted by molar-refractivity contribution is 0.0948. The number of nitrogens with one attached hydrogen (secondary N) is 2. The summed E-state index contributed by atoms with van der Waals surface area (Å²) < 4.78 is 0. The van der Waals surface area contributed by atoms with Crippen molar-refractivity contribution < 1.29 is 4.79 Å². The molecule has 1 aliphatic heterocycles. The van der Waals surface area contributed by atoms with Crippen molar-refractivity contribution in [3.05, 3.63) is 29.3 Å². The Morgan fingerprint density at radius 1 is 1.33 bits per heavy atom. The van der Waals surface area contributed by atoms with Gasteiger partial charge in [0.25, 0.3) is 5.91 Å². The van der Waals surface area contributed by atoms with Gasteiger partial charge in [-0.2, -0.15) is 11.8 Å². The Morgan fingerprint density at radius 2 is 2.10 bits per heavy atom. The number of thioether (sulfide) groups is 1. The van der Waals surface area contributed by atoms with E-state index < -0.39 is 0 Å². The minimum atomic E-state index is 0.0296. The van der Waals surface area contributed by atoms with Crippen LogP contribution in [0.2, 0.25) is 0 Å². The SMILES string of the molecule is CCNc1ccc(C(=O)NCCN2CCSCC2)c(C)c1. The molecule has 1 heterocycles. The second-order valence-electron chi connectivity index (χ2n) is 5.27. The van der Waals surface area contributed by atoms with Gasteiger partial charge in [0.2, 0.25) is 0 Å². The molecule has 2 N–H and O–H groups in total. The average Bonchev–Trinajstić information content (AvgIpc) is 2.48. The normalized spacial score (nSPS) is 15.7. The Kier molecular flexibility index (Phi) is 6.39. The molecule has 1 fully saturated rings. The highest BCUT2D eigenvalue weighted by atomic mass is 32.2. The van der Waals surface area contributed by atoms with Crippen molar-refractivity contribution in [2.24, 2.45) is 0 Å². The van der Waals surface area contributed by atoms with Gasteiger partial charge in [-0.25, -0.2) is 0 Å². The predicted octanol–water partition coefficient (Wildman–Crippen LogP) is 2.21. The van der Waals surface area contributed by atoms with E-state index in [2.05, 4.69) is 22.5 Å². The maximum absolute atomic E-state index is 12.2. The van der Waals surface area contributed by atoms with E-state index >= 15 is 0 Å². The van der Waals surface area contributed by atoms with Gasteiger partial charge < -0.3 is 10.6 Å². The van der Waals surface area contributed by atoms with Gasteiger partial charge in [-0.05, 0) is 37.6 Å². The van der Waals surface area contributed by atoms with Crippen molar-refractivity contribution >= 4 is 23.4 Å². The predicted molar refractivity (Wildman–Crippen MR) is 91.4 cm³/mol. The monoisotopic (exact) mass is 307 g/mol. The lowest BCUT2D eigenvalue weighted by atomic mass is 10.1. The van der Waals surface area contributed by atoms with Crippen LogP contribution in [0, 0.1) is 6.92 Å². The number of carbonyl (C=O) groups is 1. The highest BCUT2D eigenvalue weighted by molar-refractivity contribution is 7.99. The molecule has 0 spiro atoms. The minimum Gasteiger partial charge on any atom is -0.385 e. The highest BCUT2D eigenvalue weighted by Crippen LogP contribution is 2.15. The number of hydrogen-bond donors (Lipinski definition) is 2. The number of aryl methyl sites for hydroxylation is 1. The van der Waals surface area contributed by atoms with Gasteiger partial charge in [-0.15, -0.1) is 0 Å². The van der Waals surface area contributed by atoms with E-state index in [1.165, 1.54) is 11.5 Å². The summed E-state index contributed by atoms with van der Waals surface area (Å²) in [5.41, 5.74) is 2.85. The van der Waals surface area contributed by atoms with Crippen molar-refractivity contribution in [2.75, 3.05) is 49.5 Å². The van der Waals surface area contributed by atoms with Gasteiger partial charge in [-0.1, -0.05) is 0 Å². The molecule has 0 unspecified atom stereocenters. The van der Waals surface area contributed by atoms with E-state index in [4.69, 9.17) is 0 Å². The van der Waals surface area contributed by atoms with Crippen LogP contribution >= 0.6 is 11.8 Å². The Labute approximate surface area is 131 Å². The zero-order valence-corrected chi connectivity index (χ0v) is 13.8. The summed E-state index contributed by atoms with van der Waals surface area (Å²) >= 11 is 2.01. The number of rotatable bonds is 6. The number of benzene rings is 1. The van der Waals surface area contributed by atoms with E-state index in [0.717, 1.165) is 49.5 Å². The van der Waals surface area contributed by atoms with E-state index in [0.29, 0.717) is 0 Å². The zero-order valence-electron chi connectivity index (χ0n) is 12.9. The molecule has 0 atom stereocenters. The van der Waals surface area contributed by atoms with Crippen LogP contribution in [-0.4, -0.2) is 55.0 Å². The highest BCUT2D eigenvalue weighted by Gasteiger charge is 2.12. The maximum Gasteiger partial charge on any atom is 0.251 e. The first-order valence-corrected chi connectivity index (χ1v) is 8.79. The van der Waals surface area contributed by atoms with Crippen LogP contribution in [0.3, 0.4) is 0 Å². The summed E-state index contributed by atoms with van der Waals surface area (Å²) in [5, 5.41) is 6.29. The van der Waals surface area contributed by atoms with E-state index in [1.54, 1.807) is 0 Å². The maximum atomic E-state index is 12.2. The molecule has 0 aromatic heterocycles. The molecule has 0 saturated carbocycles. The van der Waals surface area contributed by atoms with Crippen molar-refractivity contribution in [1.82, 2.24) is 10.2 Å². The molecule has 5 heteroatoms. The quantitative estimate of drug-likeness (QED) is 0.846. The number of nitrogens with zero attached hydrogens (tertiary/aromatic N) is 1. The molecule has 2 rings (SSSR count). The topological polar surface area (TPSA) is 44.4 Å². The molecule has 21 heavy (non-hydrogen) atoms. The Balaban J connectivity index is 1.82. The molecule has 1 aromatic rings. The summed E-state index contributed by atoms with van der Waals surface area (Å²) in [7, 11) is 0. The summed E-state index contributed by atoms with van der Waals surface area (Å²) in [6.45, 7) is 8.87. The fraction of sp³-hybridized carbons (Fsp3) is 0.562. The molecule has 1 aliphatic rings. The summed E-state index contributed by atoms with van der Waals surface area (Å²) in [4.78, 5) is 14.6. The van der Waals surface area contributed by atoms with Crippen molar-refractivity contribution in [3.8, 4) is 0 Å². The van der Waals surface area contributed by atoms with Gasteiger partial charge in [0.15, 0.2) is 0 Å². The van der Waals surface area contributed by atoms with E-state index in [1.807, 2.05) is 36.9 Å². The smallest absolute Gasteiger partial charge is 0.251 e. The fourth-order valence-corrected chi connectivity index (χ4v) is 3.46. The molecule has 1 saturated heterocycles. The number of hydrogen-bond acceptors (Lipinski definition) is 4. The van der Waals surface area contributed by atoms with Crippen molar-refractivity contribution in [3.63, 3.8) is 0 Å². The summed E-state index contributed by atoms with van der Waals surface area (Å²) in [5.74, 6) is 2.44. The van der Waals surface area contributed by atoms with Gasteiger partial charge >= 0.3 is 0 Å². The Hall–Kier alpha value is -1.20.